The second kappa shape index (κ2) is 6.75. The molecule has 0 bridgehead atoms. The van der Waals surface area contributed by atoms with E-state index in [9.17, 15) is 8.42 Å². The molecule has 18 heavy (non-hydrogen) atoms. The van der Waals surface area contributed by atoms with Gasteiger partial charge in [-0.05, 0) is 37.1 Å². The minimum atomic E-state index is -3.64. The van der Waals surface area contributed by atoms with Crippen LogP contribution in [0.5, 0.6) is 5.75 Å². The maximum absolute atomic E-state index is 11.2. The van der Waals surface area contributed by atoms with Gasteiger partial charge in [-0.15, -0.1) is 0 Å². The molecule has 0 atom stereocenters. The lowest BCUT2D eigenvalue weighted by atomic mass is 10.2. The van der Waals surface area contributed by atoms with E-state index in [1.807, 2.05) is 0 Å². The van der Waals surface area contributed by atoms with Crippen LogP contribution in [-0.2, 0) is 10.0 Å². The predicted molar refractivity (Wildman–Crippen MR) is 72.2 cm³/mol. The van der Waals surface area contributed by atoms with Gasteiger partial charge in [-0.2, -0.15) is 0 Å². The molecule has 0 aliphatic heterocycles. The van der Waals surface area contributed by atoms with Crippen LogP contribution >= 0.6 is 0 Å². The summed E-state index contributed by atoms with van der Waals surface area (Å²) in [5.41, 5.74) is 0.614. The minimum absolute atomic E-state index is 0.154. The Hall–Kier alpha value is -1.07. The zero-order valence-electron chi connectivity index (χ0n) is 11.0. The van der Waals surface area contributed by atoms with E-state index in [4.69, 9.17) is 9.88 Å². The van der Waals surface area contributed by atoms with E-state index in [-0.39, 0.29) is 4.90 Å². The second-order valence-electron chi connectivity index (χ2n) is 4.38. The molecule has 1 aromatic carbocycles. The maximum Gasteiger partial charge on any atom is 0.238 e. The van der Waals surface area contributed by atoms with Crippen molar-refractivity contribution in [2.75, 3.05) is 6.61 Å². The molecule has 1 rings (SSSR count). The van der Waals surface area contributed by atoms with Crippen molar-refractivity contribution < 1.29 is 13.2 Å². The Labute approximate surface area is 109 Å². The number of sulfonamides is 1. The maximum atomic E-state index is 11.2. The van der Waals surface area contributed by atoms with Crippen molar-refractivity contribution in [1.29, 1.82) is 0 Å². The van der Waals surface area contributed by atoms with Gasteiger partial charge in [-0.1, -0.05) is 26.2 Å². The van der Waals surface area contributed by atoms with Gasteiger partial charge in [-0.3, -0.25) is 0 Å². The summed E-state index contributed by atoms with van der Waals surface area (Å²) in [5, 5.41) is 5.09. The van der Waals surface area contributed by atoms with Crippen molar-refractivity contribution in [2.45, 2.75) is 44.4 Å². The van der Waals surface area contributed by atoms with Crippen LogP contribution in [0, 0.1) is 6.92 Å². The third kappa shape index (κ3) is 4.66. The first-order valence-corrected chi connectivity index (χ1v) is 7.76. The Balaban J connectivity index is 2.57. The molecule has 102 valence electrons. The Morgan fingerprint density at radius 1 is 1.22 bits per heavy atom. The number of aryl methyl sites for hydroxylation is 1. The van der Waals surface area contributed by atoms with E-state index in [0.717, 1.165) is 12.8 Å². The molecule has 1 aromatic rings. The normalized spacial score (nSPS) is 11.5. The van der Waals surface area contributed by atoms with Crippen LogP contribution in [0.15, 0.2) is 23.1 Å². The molecule has 0 amide bonds. The molecule has 0 radical (unpaired) electrons. The van der Waals surface area contributed by atoms with Gasteiger partial charge in [0.05, 0.1) is 11.5 Å². The Morgan fingerprint density at radius 3 is 2.50 bits per heavy atom. The van der Waals surface area contributed by atoms with Crippen LogP contribution in [0.25, 0.3) is 0 Å². The van der Waals surface area contributed by atoms with Crippen molar-refractivity contribution >= 4 is 10.0 Å². The Kier molecular flexibility index (Phi) is 5.62. The number of benzene rings is 1. The van der Waals surface area contributed by atoms with Crippen molar-refractivity contribution in [2.24, 2.45) is 5.14 Å². The smallest absolute Gasteiger partial charge is 0.238 e. The zero-order chi connectivity index (χ0) is 13.6. The van der Waals surface area contributed by atoms with Crippen molar-refractivity contribution in [3.63, 3.8) is 0 Å². The first-order valence-electron chi connectivity index (χ1n) is 6.21. The van der Waals surface area contributed by atoms with E-state index >= 15 is 0 Å². The molecule has 0 saturated heterocycles. The fourth-order valence-electron chi connectivity index (χ4n) is 1.75. The molecule has 5 heteroatoms. The lowest BCUT2D eigenvalue weighted by Gasteiger charge is -2.09. The summed E-state index contributed by atoms with van der Waals surface area (Å²) in [6.45, 7) is 4.54. The molecular formula is C13H21NO3S. The van der Waals surface area contributed by atoms with E-state index < -0.39 is 10.0 Å². The van der Waals surface area contributed by atoms with Crippen molar-refractivity contribution in [3.8, 4) is 5.75 Å². The number of primary sulfonamides is 1. The predicted octanol–water partition coefficient (Wildman–Crippen LogP) is 2.60. The highest BCUT2D eigenvalue weighted by Gasteiger charge is 2.11. The van der Waals surface area contributed by atoms with E-state index in [2.05, 4.69) is 6.92 Å². The summed E-state index contributed by atoms with van der Waals surface area (Å²) in [6, 6.07) is 4.85. The highest BCUT2D eigenvalue weighted by molar-refractivity contribution is 7.89. The molecule has 2 N–H and O–H groups in total. The SMILES string of the molecule is CCCCCCOc1ccc(S(N)(=O)=O)c(C)c1. The molecular weight excluding hydrogens is 250 g/mol. The zero-order valence-corrected chi connectivity index (χ0v) is 11.8. The van der Waals surface area contributed by atoms with Gasteiger partial charge in [0.15, 0.2) is 0 Å². The average Bonchev–Trinajstić information content (AvgIpc) is 2.27. The van der Waals surface area contributed by atoms with Gasteiger partial charge in [0.1, 0.15) is 5.75 Å². The van der Waals surface area contributed by atoms with E-state index in [1.165, 1.54) is 18.9 Å². The van der Waals surface area contributed by atoms with Gasteiger partial charge in [0.25, 0.3) is 0 Å². The van der Waals surface area contributed by atoms with Crippen LogP contribution in [-0.4, -0.2) is 15.0 Å². The molecule has 0 saturated carbocycles. The number of rotatable bonds is 7. The van der Waals surface area contributed by atoms with Crippen LogP contribution in [0.2, 0.25) is 0 Å². The number of nitrogens with two attached hydrogens (primary N) is 1. The molecule has 0 unspecified atom stereocenters. The van der Waals surface area contributed by atoms with Gasteiger partial charge in [0, 0.05) is 0 Å². The lowest BCUT2D eigenvalue weighted by Crippen LogP contribution is -2.13. The first kappa shape index (κ1) is 15.0. The Morgan fingerprint density at radius 2 is 1.94 bits per heavy atom. The Bertz CT molecular complexity index is 483. The van der Waals surface area contributed by atoms with Crippen LogP contribution in [0.4, 0.5) is 0 Å². The lowest BCUT2D eigenvalue weighted by molar-refractivity contribution is 0.304. The highest BCUT2D eigenvalue weighted by Crippen LogP contribution is 2.20. The van der Waals surface area contributed by atoms with Crippen LogP contribution in [0.1, 0.15) is 38.2 Å². The summed E-state index contributed by atoms with van der Waals surface area (Å²) >= 11 is 0. The topological polar surface area (TPSA) is 69.4 Å². The summed E-state index contributed by atoms with van der Waals surface area (Å²) < 4.78 is 28.0. The number of unbranched alkanes of at least 4 members (excludes halogenated alkanes) is 3. The van der Waals surface area contributed by atoms with Crippen molar-refractivity contribution in [1.82, 2.24) is 0 Å². The summed E-state index contributed by atoms with van der Waals surface area (Å²) in [4.78, 5) is 0.154. The van der Waals surface area contributed by atoms with E-state index in [0.29, 0.717) is 17.9 Å². The first-order chi connectivity index (χ1) is 8.45. The van der Waals surface area contributed by atoms with Gasteiger partial charge < -0.3 is 4.74 Å². The average molecular weight is 271 g/mol. The molecule has 0 aromatic heterocycles. The molecule has 0 aliphatic rings. The fourth-order valence-corrected chi connectivity index (χ4v) is 2.52. The standard InChI is InChI=1S/C13H21NO3S/c1-3-4-5-6-9-17-12-7-8-13(11(2)10-12)18(14,15)16/h7-8,10H,3-6,9H2,1-2H3,(H2,14,15,16). The number of hydrogen-bond donors (Lipinski definition) is 1. The van der Waals surface area contributed by atoms with Gasteiger partial charge in [-0.25, -0.2) is 13.6 Å². The van der Waals surface area contributed by atoms with E-state index in [1.54, 1.807) is 19.1 Å². The molecule has 4 nitrogen and oxygen atoms in total. The van der Waals surface area contributed by atoms with Crippen LogP contribution < -0.4 is 9.88 Å². The third-order valence-electron chi connectivity index (χ3n) is 2.72. The monoisotopic (exact) mass is 271 g/mol. The number of ether oxygens (including phenoxy) is 1. The summed E-state index contributed by atoms with van der Waals surface area (Å²) in [5.74, 6) is 0.691. The van der Waals surface area contributed by atoms with Gasteiger partial charge in [0.2, 0.25) is 10.0 Å². The summed E-state index contributed by atoms with van der Waals surface area (Å²) in [7, 11) is -3.64. The number of hydrogen-bond acceptors (Lipinski definition) is 3. The summed E-state index contributed by atoms with van der Waals surface area (Å²) in [6.07, 6.45) is 4.59. The second-order valence-corrected chi connectivity index (χ2v) is 5.91. The fraction of sp³-hybridized carbons (Fsp3) is 0.538. The molecule has 0 heterocycles. The molecule has 0 spiro atoms. The third-order valence-corrected chi connectivity index (χ3v) is 3.79. The van der Waals surface area contributed by atoms with Crippen LogP contribution in [0.3, 0.4) is 0 Å². The molecule has 0 aliphatic carbocycles. The highest BCUT2D eigenvalue weighted by atomic mass is 32.2. The van der Waals surface area contributed by atoms with Crippen molar-refractivity contribution in [3.05, 3.63) is 23.8 Å². The quantitative estimate of drug-likeness (QED) is 0.775. The minimum Gasteiger partial charge on any atom is -0.494 e. The largest absolute Gasteiger partial charge is 0.494 e. The molecule has 0 fully saturated rings. The van der Waals surface area contributed by atoms with Gasteiger partial charge >= 0.3 is 0 Å².